The Morgan fingerprint density at radius 2 is 2.04 bits per heavy atom. The lowest BCUT2D eigenvalue weighted by molar-refractivity contribution is -0.145. The van der Waals surface area contributed by atoms with Crippen LogP contribution in [-0.4, -0.2) is 59.5 Å². The van der Waals surface area contributed by atoms with Crippen LogP contribution < -0.4 is 4.90 Å². The summed E-state index contributed by atoms with van der Waals surface area (Å²) in [6, 6.07) is 5.78. The maximum atomic E-state index is 12.9. The summed E-state index contributed by atoms with van der Waals surface area (Å²) >= 11 is 1.11. The third kappa shape index (κ3) is 6.02. The van der Waals surface area contributed by atoms with E-state index in [-0.39, 0.29) is 23.5 Å². The van der Waals surface area contributed by atoms with Crippen molar-refractivity contribution in [1.82, 2.24) is 0 Å². The molecule has 0 radical (unpaired) electrons. The van der Waals surface area contributed by atoms with E-state index < -0.39 is 12.1 Å². The first-order chi connectivity index (χ1) is 11.8. The number of aryl methyl sites for hydroxylation is 2. The van der Waals surface area contributed by atoms with Crippen LogP contribution in [0.2, 0.25) is 0 Å². The Labute approximate surface area is 153 Å². The molecule has 0 heterocycles. The van der Waals surface area contributed by atoms with Gasteiger partial charge in [-0.2, -0.15) is 0 Å². The molecule has 1 aromatic rings. The molecule has 0 aliphatic rings. The fraction of sp³-hybridized carbons (Fsp3) is 0.556. The maximum Gasteiger partial charge on any atom is 0.333 e. The van der Waals surface area contributed by atoms with Crippen molar-refractivity contribution < 1.29 is 24.5 Å². The molecule has 0 saturated heterocycles. The van der Waals surface area contributed by atoms with Crippen molar-refractivity contribution in [3.8, 4) is 0 Å². The van der Waals surface area contributed by atoms with Crippen molar-refractivity contribution in [1.29, 1.82) is 0 Å². The number of hydrogen-bond donors (Lipinski definition) is 2. The minimum atomic E-state index is -1.47. The highest BCUT2D eigenvalue weighted by Gasteiger charge is 2.26. The van der Waals surface area contributed by atoms with Gasteiger partial charge in [0.25, 0.3) is 0 Å². The number of amides is 1. The zero-order valence-electron chi connectivity index (χ0n) is 15.2. The zero-order chi connectivity index (χ0) is 19.0. The molecule has 140 valence electrons. The van der Waals surface area contributed by atoms with E-state index in [1.807, 2.05) is 39.0 Å². The summed E-state index contributed by atoms with van der Waals surface area (Å²) in [4.78, 5) is 25.3. The van der Waals surface area contributed by atoms with E-state index >= 15 is 0 Å². The molecular weight excluding hydrogens is 342 g/mol. The number of para-hydroxylation sites is 1. The third-order valence-electron chi connectivity index (χ3n) is 3.85. The largest absolute Gasteiger partial charge is 0.479 e. The van der Waals surface area contributed by atoms with Gasteiger partial charge in [0.2, 0.25) is 5.91 Å². The number of nitrogens with zero attached hydrogens (tertiary/aromatic N) is 1. The molecule has 7 heteroatoms. The van der Waals surface area contributed by atoms with Gasteiger partial charge in [-0.05, 0) is 31.4 Å². The van der Waals surface area contributed by atoms with Gasteiger partial charge in [0.1, 0.15) is 0 Å². The molecule has 0 aliphatic heterocycles. The molecule has 0 spiro atoms. The second kappa shape index (κ2) is 10.4. The van der Waals surface area contributed by atoms with Gasteiger partial charge >= 0.3 is 5.97 Å². The molecule has 1 aromatic carbocycles. The van der Waals surface area contributed by atoms with Crippen LogP contribution in [0.15, 0.2) is 18.2 Å². The van der Waals surface area contributed by atoms with Crippen molar-refractivity contribution in [2.45, 2.75) is 39.3 Å². The average Bonchev–Trinajstić information content (AvgIpc) is 2.56. The zero-order valence-corrected chi connectivity index (χ0v) is 16.0. The molecule has 2 N–H and O–H groups in total. The van der Waals surface area contributed by atoms with Gasteiger partial charge in [-0.25, -0.2) is 4.79 Å². The van der Waals surface area contributed by atoms with Crippen molar-refractivity contribution in [3.63, 3.8) is 0 Å². The molecule has 0 aromatic heterocycles. The van der Waals surface area contributed by atoms with Crippen LogP contribution in [-0.2, 0) is 20.7 Å². The molecule has 0 bridgehead atoms. The normalized spacial score (nSPS) is 13.3. The number of aliphatic hydroxyl groups excluding tert-OH is 1. The Kier molecular flexibility index (Phi) is 8.96. The molecule has 0 fully saturated rings. The fourth-order valence-electron chi connectivity index (χ4n) is 2.66. The number of methoxy groups -OCH3 is 1. The highest BCUT2D eigenvalue weighted by atomic mass is 32.2. The number of aliphatic hydroxyl groups is 1. The monoisotopic (exact) mass is 369 g/mol. The van der Waals surface area contributed by atoms with Crippen molar-refractivity contribution in [2.24, 2.45) is 0 Å². The number of rotatable bonds is 10. The van der Waals surface area contributed by atoms with E-state index in [0.29, 0.717) is 6.61 Å². The van der Waals surface area contributed by atoms with Gasteiger partial charge in [-0.15, -0.1) is 11.8 Å². The van der Waals surface area contributed by atoms with Gasteiger partial charge in [-0.3, -0.25) is 4.79 Å². The molecule has 0 aliphatic carbocycles. The quantitative estimate of drug-likeness (QED) is 0.657. The van der Waals surface area contributed by atoms with Gasteiger partial charge in [0, 0.05) is 12.9 Å². The number of carboxylic acids is 1. The lowest BCUT2D eigenvalue weighted by atomic mass is 10.0. The van der Waals surface area contributed by atoms with Crippen molar-refractivity contribution >= 4 is 29.3 Å². The highest BCUT2D eigenvalue weighted by Crippen LogP contribution is 2.28. The second-order valence-electron chi connectivity index (χ2n) is 5.87. The van der Waals surface area contributed by atoms with Crippen LogP contribution in [0.4, 0.5) is 5.69 Å². The first kappa shape index (κ1) is 21.5. The SMILES string of the molecule is CCc1cccc(C)c1N(C(=O)CSC[C@H](O)C(=O)O)[C@@H](C)COC. The molecule has 0 saturated carbocycles. The van der Waals surface area contributed by atoms with E-state index in [1.165, 1.54) is 0 Å². The summed E-state index contributed by atoms with van der Waals surface area (Å²) in [6.07, 6.45) is -0.668. The van der Waals surface area contributed by atoms with Crippen molar-refractivity contribution in [2.75, 3.05) is 30.1 Å². The summed E-state index contributed by atoms with van der Waals surface area (Å²) < 4.78 is 5.23. The lowest BCUT2D eigenvalue weighted by Gasteiger charge is -2.32. The predicted molar refractivity (Wildman–Crippen MR) is 100 cm³/mol. The van der Waals surface area contributed by atoms with Crippen LogP contribution in [0.3, 0.4) is 0 Å². The van der Waals surface area contributed by atoms with E-state index in [0.717, 1.165) is 35.0 Å². The van der Waals surface area contributed by atoms with E-state index in [9.17, 15) is 14.7 Å². The Morgan fingerprint density at radius 3 is 2.60 bits per heavy atom. The second-order valence-corrected chi connectivity index (χ2v) is 6.90. The van der Waals surface area contributed by atoms with Crippen molar-refractivity contribution in [3.05, 3.63) is 29.3 Å². The van der Waals surface area contributed by atoms with E-state index in [2.05, 4.69) is 0 Å². The van der Waals surface area contributed by atoms with E-state index in [4.69, 9.17) is 9.84 Å². The number of anilines is 1. The van der Waals surface area contributed by atoms with Gasteiger partial charge in [0.15, 0.2) is 6.10 Å². The van der Waals surface area contributed by atoms with Crippen LogP contribution >= 0.6 is 11.8 Å². The molecule has 25 heavy (non-hydrogen) atoms. The number of thioether (sulfide) groups is 1. The number of benzene rings is 1. The Bertz CT molecular complexity index is 593. The third-order valence-corrected chi connectivity index (χ3v) is 4.85. The van der Waals surface area contributed by atoms with Crippen LogP contribution in [0.5, 0.6) is 0 Å². The average molecular weight is 369 g/mol. The number of aliphatic carboxylic acids is 1. The number of carbonyl (C=O) groups is 2. The van der Waals surface area contributed by atoms with Gasteiger partial charge in [-0.1, -0.05) is 25.1 Å². The Hall–Kier alpha value is -1.57. The number of carbonyl (C=O) groups excluding carboxylic acids is 1. The minimum Gasteiger partial charge on any atom is -0.479 e. The predicted octanol–water partition coefficient (Wildman–Crippen LogP) is 2.10. The molecule has 0 unspecified atom stereocenters. The molecule has 6 nitrogen and oxygen atoms in total. The first-order valence-corrected chi connectivity index (χ1v) is 9.37. The smallest absolute Gasteiger partial charge is 0.333 e. The van der Waals surface area contributed by atoms with Crippen LogP contribution in [0.1, 0.15) is 25.0 Å². The summed E-state index contributed by atoms with van der Waals surface area (Å²) in [6.45, 7) is 6.32. The van der Waals surface area contributed by atoms with Crippen LogP contribution in [0.25, 0.3) is 0 Å². The lowest BCUT2D eigenvalue weighted by Crippen LogP contribution is -2.43. The minimum absolute atomic E-state index is 0.0258. The molecule has 1 rings (SSSR count). The molecular formula is C18H27NO5S. The van der Waals surface area contributed by atoms with Gasteiger partial charge < -0.3 is 19.8 Å². The Balaban J connectivity index is 3.02. The van der Waals surface area contributed by atoms with E-state index in [1.54, 1.807) is 12.0 Å². The topological polar surface area (TPSA) is 87.1 Å². The Morgan fingerprint density at radius 1 is 1.36 bits per heavy atom. The fourth-order valence-corrected chi connectivity index (χ4v) is 3.45. The summed E-state index contributed by atoms with van der Waals surface area (Å²) in [5.41, 5.74) is 2.97. The summed E-state index contributed by atoms with van der Waals surface area (Å²) in [5, 5.41) is 18.1. The molecule has 1 amide bonds. The molecule has 2 atom stereocenters. The summed E-state index contributed by atoms with van der Waals surface area (Å²) in [7, 11) is 1.59. The number of ether oxygens (including phenoxy) is 1. The number of carboxylic acid groups (broad SMARTS) is 1. The van der Waals surface area contributed by atoms with Crippen LogP contribution in [0, 0.1) is 6.92 Å². The van der Waals surface area contributed by atoms with Gasteiger partial charge in [0.05, 0.1) is 24.1 Å². The maximum absolute atomic E-state index is 12.9. The number of hydrogen-bond acceptors (Lipinski definition) is 5. The summed E-state index contributed by atoms with van der Waals surface area (Å²) in [5.74, 6) is -1.34. The highest BCUT2D eigenvalue weighted by molar-refractivity contribution is 8.00. The first-order valence-electron chi connectivity index (χ1n) is 8.21. The standard InChI is InChI=1S/C18H27NO5S/c1-5-14-8-6-7-12(2)17(14)19(13(3)9-24-4)16(21)11-25-10-15(20)18(22)23/h6-8,13,15,20H,5,9-11H2,1-4H3,(H,22,23)/t13-,15-/m0/s1.